The van der Waals surface area contributed by atoms with Crippen molar-refractivity contribution in [2.75, 3.05) is 12.8 Å². The zero-order chi connectivity index (χ0) is 14.1. The van der Waals surface area contributed by atoms with Gasteiger partial charge in [-0.25, -0.2) is 9.97 Å². The Morgan fingerprint density at radius 1 is 1.20 bits per heavy atom. The van der Waals surface area contributed by atoms with Crippen molar-refractivity contribution in [3.8, 4) is 16.9 Å². The summed E-state index contributed by atoms with van der Waals surface area (Å²) in [4.78, 5) is 8.44. The molecule has 1 aromatic carbocycles. The van der Waals surface area contributed by atoms with Gasteiger partial charge < -0.3 is 15.0 Å². The SMILES string of the molecule is CCn1cc(-c2ccc(OC)cc2)c2c(N)ncnc21. The van der Waals surface area contributed by atoms with Gasteiger partial charge in [0.2, 0.25) is 0 Å². The minimum absolute atomic E-state index is 0.507. The first-order valence-corrected chi connectivity index (χ1v) is 6.48. The molecule has 5 nitrogen and oxygen atoms in total. The van der Waals surface area contributed by atoms with Crippen LogP contribution in [0.25, 0.3) is 22.2 Å². The highest BCUT2D eigenvalue weighted by Gasteiger charge is 2.14. The summed E-state index contributed by atoms with van der Waals surface area (Å²) < 4.78 is 7.26. The highest BCUT2D eigenvalue weighted by molar-refractivity contribution is 6.00. The summed E-state index contributed by atoms with van der Waals surface area (Å²) in [5.41, 5.74) is 9.01. The molecular weight excluding hydrogens is 252 g/mol. The molecule has 0 atom stereocenters. The first kappa shape index (κ1) is 12.5. The quantitative estimate of drug-likeness (QED) is 0.793. The third-order valence-corrected chi connectivity index (χ3v) is 3.42. The maximum Gasteiger partial charge on any atom is 0.146 e. The minimum Gasteiger partial charge on any atom is -0.497 e. The van der Waals surface area contributed by atoms with E-state index in [-0.39, 0.29) is 0 Å². The number of anilines is 1. The molecule has 0 spiro atoms. The van der Waals surface area contributed by atoms with Crippen molar-refractivity contribution in [1.29, 1.82) is 0 Å². The molecule has 0 fully saturated rings. The van der Waals surface area contributed by atoms with E-state index in [0.717, 1.165) is 34.5 Å². The fourth-order valence-corrected chi connectivity index (χ4v) is 2.38. The van der Waals surface area contributed by atoms with Crippen LogP contribution < -0.4 is 10.5 Å². The van der Waals surface area contributed by atoms with E-state index in [9.17, 15) is 0 Å². The molecule has 2 aromatic heterocycles. The molecule has 3 aromatic rings. The van der Waals surface area contributed by atoms with Crippen molar-refractivity contribution in [2.45, 2.75) is 13.5 Å². The van der Waals surface area contributed by atoms with Crippen LogP contribution in [0.5, 0.6) is 5.75 Å². The molecule has 0 bridgehead atoms. The number of aromatic nitrogens is 3. The number of benzene rings is 1. The number of rotatable bonds is 3. The van der Waals surface area contributed by atoms with Gasteiger partial charge in [0.1, 0.15) is 23.5 Å². The lowest BCUT2D eigenvalue weighted by molar-refractivity contribution is 0.415. The van der Waals surface area contributed by atoms with Crippen LogP contribution in [-0.2, 0) is 6.54 Å². The van der Waals surface area contributed by atoms with Crippen LogP contribution in [0.3, 0.4) is 0 Å². The zero-order valence-corrected chi connectivity index (χ0v) is 11.5. The predicted molar refractivity (Wildman–Crippen MR) is 79.6 cm³/mol. The molecule has 0 amide bonds. The lowest BCUT2D eigenvalue weighted by Crippen LogP contribution is -1.96. The predicted octanol–water partition coefficient (Wildman–Crippen LogP) is 2.71. The van der Waals surface area contributed by atoms with E-state index in [2.05, 4.69) is 27.7 Å². The number of hydrogen-bond acceptors (Lipinski definition) is 4. The summed E-state index contributed by atoms with van der Waals surface area (Å²) >= 11 is 0. The van der Waals surface area contributed by atoms with Crippen molar-refractivity contribution in [2.24, 2.45) is 0 Å². The fraction of sp³-hybridized carbons (Fsp3) is 0.200. The largest absolute Gasteiger partial charge is 0.497 e. The normalized spacial score (nSPS) is 10.9. The van der Waals surface area contributed by atoms with Gasteiger partial charge in [0.25, 0.3) is 0 Å². The van der Waals surface area contributed by atoms with Gasteiger partial charge in [-0.2, -0.15) is 0 Å². The average Bonchev–Trinajstić information content (AvgIpc) is 2.87. The summed E-state index contributed by atoms with van der Waals surface area (Å²) in [6.45, 7) is 2.92. The van der Waals surface area contributed by atoms with Gasteiger partial charge >= 0.3 is 0 Å². The molecule has 20 heavy (non-hydrogen) atoms. The molecule has 0 aliphatic carbocycles. The fourth-order valence-electron chi connectivity index (χ4n) is 2.38. The number of methoxy groups -OCH3 is 1. The summed E-state index contributed by atoms with van der Waals surface area (Å²) in [6, 6.07) is 7.90. The molecule has 2 heterocycles. The lowest BCUT2D eigenvalue weighted by Gasteiger charge is -2.03. The smallest absolute Gasteiger partial charge is 0.146 e. The Morgan fingerprint density at radius 2 is 1.95 bits per heavy atom. The standard InChI is InChI=1S/C15H16N4O/c1-3-19-8-12(10-4-6-11(20-2)7-5-10)13-14(16)17-9-18-15(13)19/h4-9H,3H2,1-2H3,(H2,16,17,18). The Bertz CT molecular complexity index is 746. The van der Waals surface area contributed by atoms with Crippen LogP contribution in [0.15, 0.2) is 36.8 Å². The van der Waals surface area contributed by atoms with Crippen molar-refractivity contribution < 1.29 is 4.74 Å². The van der Waals surface area contributed by atoms with Gasteiger partial charge in [0, 0.05) is 18.3 Å². The van der Waals surface area contributed by atoms with Crippen LogP contribution in [0.2, 0.25) is 0 Å². The van der Waals surface area contributed by atoms with E-state index in [1.165, 1.54) is 6.33 Å². The van der Waals surface area contributed by atoms with Crippen molar-refractivity contribution in [3.63, 3.8) is 0 Å². The van der Waals surface area contributed by atoms with Gasteiger partial charge in [0.05, 0.1) is 12.5 Å². The molecule has 5 heteroatoms. The molecule has 0 aliphatic rings. The van der Waals surface area contributed by atoms with E-state index >= 15 is 0 Å². The van der Waals surface area contributed by atoms with Gasteiger partial charge in [0.15, 0.2) is 0 Å². The monoisotopic (exact) mass is 268 g/mol. The lowest BCUT2D eigenvalue weighted by atomic mass is 10.1. The second kappa shape index (κ2) is 4.85. The highest BCUT2D eigenvalue weighted by atomic mass is 16.5. The number of hydrogen-bond donors (Lipinski definition) is 1. The van der Waals surface area contributed by atoms with E-state index in [1.54, 1.807) is 7.11 Å². The second-order valence-electron chi connectivity index (χ2n) is 4.51. The van der Waals surface area contributed by atoms with E-state index in [4.69, 9.17) is 10.5 Å². The van der Waals surface area contributed by atoms with E-state index < -0.39 is 0 Å². The number of nitrogens with zero attached hydrogens (tertiary/aromatic N) is 3. The molecule has 0 unspecified atom stereocenters. The molecule has 0 saturated heterocycles. The first-order valence-electron chi connectivity index (χ1n) is 6.48. The molecule has 102 valence electrons. The van der Waals surface area contributed by atoms with Crippen LogP contribution in [0, 0.1) is 0 Å². The molecular formula is C15H16N4O. The van der Waals surface area contributed by atoms with Crippen molar-refractivity contribution in [3.05, 3.63) is 36.8 Å². The van der Waals surface area contributed by atoms with Crippen LogP contribution >= 0.6 is 0 Å². The number of ether oxygens (including phenoxy) is 1. The van der Waals surface area contributed by atoms with E-state index in [0.29, 0.717) is 5.82 Å². The molecule has 0 radical (unpaired) electrons. The highest BCUT2D eigenvalue weighted by Crippen LogP contribution is 2.33. The summed E-state index contributed by atoms with van der Waals surface area (Å²) in [5.74, 6) is 1.34. The zero-order valence-electron chi connectivity index (χ0n) is 11.5. The Hall–Kier alpha value is -2.56. The van der Waals surface area contributed by atoms with Crippen LogP contribution in [0.1, 0.15) is 6.92 Å². The van der Waals surface area contributed by atoms with Crippen LogP contribution in [0.4, 0.5) is 5.82 Å². The summed E-state index contributed by atoms with van der Waals surface area (Å²) in [7, 11) is 1.66. The third kappa shape index (κ3) is 1.87. The summed E-state index contributed by atoms with van der Waals surface area (Å²) in [5, 5.41) is 0.902. The van der Waals surface area contributed by atoms with Gasteiger partial charge in [-0.3, -0.25) is 0 Å². The molecule has 3 rings (SSSR count). The van der Waals surface area contributed by atoms with Crippen molar-refractivity contribution >= 4 is 16.9 Å². The van der Waals surface area contributed by atoms with Gasteiger partial charge in [-0.1, -0.05) is 12.1 Å². The van der Waals surface area contributed by atoms with Crippen molar-refractivity contribution in [1.82, 2.24) is 14.5 Å². The third-order valence-electron chi connectivity index (χ3n) is 3.42. The molecule has 2 N–H and O–H groups in total. The van der Waals surface area contributed by atoms with Gasteiger partial charge in [-0.05, 0) is 24.6 Å². The van der Waals surface area contributed by atoms with Gasteiger partial charge in [-0.15, -0.1) is 0 Å². The Balaban J connectivity index is 2.24. The minimum atomic E-state index is 0.507. The average molecular weight is 268 g/mol. The number of nitrogens with two attached hydrogens (primary N) is 1. The Kier molecular flexibility index (Phi) is 3.02. The number of fused-ring (bicyclic) bond motifs is 1. The first-order chi connectivity index (χ1) is 9.74. The van der Waals surface area contributed by atoms with E-state index in [1.807, 2.05) is 24.3 Å². The Labute approximate surface area is 117 Å². The molecule has 0 aliphatic heterocycles. The topological polar surface area (TPSA) is 66.0 Å². The summed E-state index contributed by atoms with van der Waals surface area (Å²) in [6.07, 6.45) is 3.57. The maximum atomic E-state index is 6.03. The second-order valence-corrected chi connectivity index (χ2v) is 4.51. The number of nitrogen functional groups attached to an aromatic ring is 1. The maximum absolute atomic E-state index is 6.03. The number of aryl methyl sites for hydroxylation is 1. The Morgan fingerprint density at radius 3 is 2.60 bits per heavy atom. The molecule has 0 saturated carbocycles. The van der Waals surface area contributed by atoms with Crippen LogP contribution in [-0.4, -0.2) is 21.6 Å².